The molecule has 1 unspecified atom stereocenters. The number of carbonyl (C=O) groups is 1. The second kappa shape index (κ2) is 4.75. The van der Waals surface area contributed by atoms with E-state index in [4.69, 9.17) is 5.11 Å². The zero-order valence-electron chi connectivity index (χ0n) is 8.97. The molecule has 1 rings (SSSR count). The highest BCUT2D eigenvalue weighted by Gasteiger charge is 2.41. The van der Waals surface area contributed by atoms with Gasteiger partial charge in [0.25, 0.3) is 0 Å². The van der Waals surface area contributed by atoms with Crippen molar-refractivity contribution in [2.75, 3.05) is 19.7 Å². The Labute approximate surface area is 85.1 Å². The fourth-order valence-corrected chi connectivity index (χ4v) is 1.36. The second-order valence-corrected chi connectivity index (χ2v) is 4.16. The molecule has 0 aliphatic heterocycles. The molecule has 0 aromatic carbocycles. The van der Waals surface area contributed by atoms with Gasteiger partial charge in [0.05, 0.1) is 6.04 Å². The third-order valence-corrected chi connectivity index (χ3v) is 2.82. The van der Waals surface area contributed by atoms with Gasteiger partial charge in [-0.2, -0.15) is 0 Å². The normalized spacial score (nSPS) is 20.2. The van der Waals surface area contributed by atoms with Crippen molar-refractivity contribution >= 4 is 5.91 Å². The van der Waals surface area contributed by atoms with Crippen LogP contribution in [0.25, 0.3) is 0 Å². The summed E-state index contributed by atoms with van der Waals surface area (Å²) in [6.07, 6.45) is 2.14. The molecule has 3 N–H and O–H groups in total. The largest absolute Gasteiger partial charge is 0.396 e. The lowest BCUT2D eigenvalue weighted by Crippen LogP contribution is -2.44. The first-order valence-corrected chi connectivity index (χ1v) is 5.25. The summed E-state index contributed by atoms with van der Waals surface area (Å²) in [5.41, 5.74) is 0.0702. The minimum atomic E-state index is -0.168. The van der Waals surface area contributed by atoms with Gasteiger partial charge in [-0.05, 0) is 26.7 Å². The predicted molar refractivity (Wildman–Crippen MR) is 54.9 cm³/mol. The zero-order chi connectivity index (χ0) is 10.6. The topological polar surface area (TPSA) is 61.4 Å². The van der Waals surface area contributed by atoms with Crippen molar-refractivity contribution in [2.24, 2.45) is 5.41 Å². The maximum Gasteiger partial charge on any atom is 0.236 e. The summed E-state index contributed by atoms with van der Waals surface area (Å²) in [5, 5.41) is 15.0. The van der Waals surface area contributed by atoms with Crippen molar-refractivity contribution in [2.45, 2.75) is 32.7 Å². The van der Waals surface area contributed by atoms with Crippen molar-refractivity contribution in [3.05, 3.63) is 0 Å². The van der Waals surface area contributed by atoms with Crippen LogP contribution in [0.3, 0.4) is 0 Å². The summed E-state index contributed by atoms with van der Waals surface area (Å²) in [7, 11) is 0. The van der Waals surface area contributed by atoms with E-state index in [0.29, 0.717) is 6.54 Å². The van der Waals surface area contributed by atoms with Crippen LogP contribution in [0.1, 0.15) is 26.7 Å². The molecule has 0 radical (unpaired) electrons. The van der Waals surface area contributed by atoms with E-state index < -0.39 is 0 Å². The Kier molecular flexibility index (Phi) is 3.89. The number of likely N-dealkylation sites (N-methyl/N-ethyl adjacent to an activating group) is 1. The van der Waals surface area contributed by atoms with Gasteiger partial charge >= 0.3 is 0 Å². The molecular weight excluding hydrogens is 180 g/mol. The smallest absolute Gasteiger partial charge is 0.236 e. The molecule has 1 amide bonds. The summed E-state index contributed by atoms with van der Waals surface area (Å²) in [5.74, 6) is 0.0289. The highest BCUT2D eigenvalue weighted by atomic mass is 16.3. The third kappa shape index (κ3) is 2.96. The zero-order valence-corrected chi connectivity index (χ0v) is 8.97. The molecule has 1 fully saturated rings. The number of nitrogens with one attached hydrogen (secondary N) is 2. The predicted octanol–water partition coefficient (Wildman–Crippen LogP) is -0.127. The van der Waals surface area contributed by atoms with Gasteiger partial charge < -0.3 is 15.7 Å². The molecule has 4 heteroatoms. The van der Waals surface area contributed by atoms with Crippen LogP contribution < -0.4 is 10.6 Å². The van der Waals surface area contributed by atoms with Crippen molar-refractivity contribution < 1.29 is 9.90 Å². The molecule has 1 aliphatic rings. The Morgan fingerprint density at radius 3 is 2.64 bits per heavy atom. The number of aliphatic hydroxyl groups excluding tert-OH is 1. The van der Waals surface area contributed by atoms with Gasteiger partial charge in [-0.25, -0.2) is 0 Å². The van der Waals surface area contributed by atoms with Crippen LogP contribution in [-0.4, -0.2) is 36.8 Å². The molecule has 0 heterocycles. The number of hydrogen-bond donors (Lipinski definition) is 3. The molecule has 14 heavy (non-hydrogen) atoms. The average molecular weight is 200 g/mol. The van der Waals surface area contributed by atoms with Crippen LogP contribution in [0.4, 0.5) is 0 Å². The molecule has 0 bridgehead atoms. The van der Waals surface area contributed by atoms with Gasteiger partial charge in [0.15, 0.2) is 0 Å². The summed E-state index contributed by atoms with van der Waals surface area (Å²) in [6, 6.07) is -0.168. The van der Waals surface area contributed by atoms with Gasteiger partial charge in [-0.1, -0.05) is 0 Å². The summed E-state index contributed by atoms with van der Waals surface area (Å²) < 4.78 is 0. The minimum Gasteiger partial charge on any atom is -0.396 e. The SMILES string of the molecule is CCNC(=O)C(C)NCC1(CO)CC1. The Morgan fingerprint density at radius 1 is 1.57 bits per heavy atom. The quantitative estimate of drug-likeness (QED) is 0.560. The van der Waals surface area contributed by atoms with Gasteiger partial charge in [-0.3, -0.25) is 4.79 Å². The van der Waals surface area contributed by atoms with E-state index in [9.17, 15) is 4.79 Å². The highest BCUT2D eigenvalue weighted by molar-refractivity contribution is 5.81. The molecule has 0 spiro atoms. The monoisotopic (exact) mass is 200 g/mol. The summed E-state index contributed by atoms with van der Waals surface area (Å²) >= 11 is 0. The van der Waals surface area contributed by atoms with Crippen LogP contribution in [0.15, 0.2) is 0 Å². The van der Waals surface area contributed by atoms with Crippen molar-refractivity contribution in [3.63, 3.8) is 0 Å². The Balaban J connectivity index is 2.20. The number of rotatable bonds is 6. The van der Waals surface area contributed by atoms with E-state index in [1.165, 1.54) is 0 Å². The van der Waals surface area contributed by atoms with Crippen LogP contribution in [-0.2, 0) is 4.79 Å². The van der Waals surface area contributed by atoms with E-state index in [2.05, 4.69) is 10.6 Å². The van der Waals surface area contributed by atoms with E-state index >= 15 is 0 Å². The maximum absolute atomic E-state index is 11.3. The summed E-state index contributed by atoms with van der Waals surface area (Å²) in [6.45, 7) is 5.37. The number of aliphatic hydroxyl groups is 1. The fraction of sp³-hybridized carbons (Fsp3) is 0.900. The first-order valence-electron chi connectivity index (χ1n) is 5.25. The van der Waals surface area contributed by atoms with Gasteiger partial charge in [0, 0.05) is 25.1 Å². The molecule has 1 aliphatic carbocycles. The first kappa shape index (κ1) is 11.5. The van der Waals surface area contributed by atoms with E-state index in [-0.39, 0.29) is 24.0 Å². The van der Waals surface area contributed by atoms with Gasteiger partial charge in [-0.15, -0.1) is 0 Å². The number of carbonyl (C=O) groups excluding carboxylic acids is 1. The lowest BCUT2D eigenvalue weighted by Gasteiger charge is -2.17. The van der Waals surface area contributed by atoms with Gasteiger partial charge in [0.1, 0.15) is 0 Å². The van der Waals surface area contributed by atoms with E-state index in [0.717, 1.165) is 19.4 Å². The Hall–Kier alpha value is -0.610. The minimum absolute atomic E-state index is 0.0289. The molecule has 82 valence electrons. The molecule has 0 aromatic rings. The van der Waals surface area contributed by atoms with Crippen LogP contribution in [0, 0.1) is 5.41 Å². The standard InChI is InChI=1S/C10H20N2O2/c1-3-11-9(14)8(2)12-6-10(7-13)4-5-10/h8,12-13H,3-7H2,1-2H3,(H,11,14). The second-order valence-electron chi connectivity index (χ2n) is 4.16. The van der Waals surface area contributed by atoms with Crippen molar-refractivity contribution in [1.82, 2.24) is 10.6 Å². The molecule has 1 saturated carbocycles. The first-order chi connectivity index (χ1) is 6.63. The van der Waals surface area contributed by atoms with Gasteiger partial charge in [0.2, 0.25) is 5.91 Å². The lowest BCUT2D eigenvalue weighted by molar-refractivity contribution is -0.122. The average Bonchev–Trinajstić information content (AvgIpc) is 2.95. The molecule has 0 saturated heterocycles. The van der Waals surface area contributed by atoms with Crippen molar-refractivity contribution in [3.8, 4) is 0 Å². The highest BCUT2D eigenvalue weighted by Crippen LogP contribution is 2.44. The lowest BCUT2D eigenvalue weighted by atomic mass is 10.1. The fourth-order valence-electron chi connectivity index (χ4n) is 1.36. The Morgan fingerprint density at radius 2 is 2.21 bits per heavy atom. The van der Waals surface area contributed by atoms with E-state index in [1.54, 1.807) is 0 Å². The maximum atomic E-state index is 11.3. The van der Waals surface area contributed by atoms with Crippen LogP contribution >= 0.6 is 0 Å². The van der Waals surface area contributed by atoms with Crippen LogP contribution in [0.5, 0.6) is 0 Å². The number of hydrogen-bond acceptors (Lipinski definition) is 3. The van der Waals surface area contributed by atoms with Crippen molar-refractivity contribution in [1.29, 1.82) is 0 Å². The summed E-state index contributed by atoms with van der Waals surface area (Å²) in [4.78, 5) is 11.3. The molecule has 0 aromatic heterocycles. The molecular formula is C10H20N2O2. The van der Waals surface area contributed by atoms with Crippen LogP contribution in [0.2, 0.25) is 0 Å². The van der Waals surface area contributed by atoms with E-state index in [1.807, 2.05) is 13.8 Å². The molecule has 4 nitrogen and oxygen atoms in total. The Bertz CT molecular complexity index is 202. The third-order valence-electron chi connectivity index (χ3n) is 2.82. The molecule has 1 atom stereocenters. The number of amides is 1.